The van der Waals surface area contributed by atoms with Crippen LogP contribution in [0.2, 0.25) is 0 Å². The lowest BCUT2D eigenvalue weighted by Gasteiger charge is -2.37. The minimum Gasteiger partial charge on any atom is -0.409 e. The molecule has 1 saturated carbocycles. The number of amidine groups is 1. The standard InChI is InChI=1S/C13H25N3O/c1-10-5-11(2)8-16(7-10)9-13(3-4-13)6-12(14)15-17/h10-11,17H,3-9H2,1-2H3,(H2,14,15). The van der Waals surface area contributed by atoms with Gasteiger partial charge in [0.25, 0.3) is 0 Å². The second-order valence-electron chi connectivity index (χ2n) is 6.41. The SMILES string of the molecule is CC1CC(C)CN(CC2(CC(N)=NO)CC2)C1. The molecule has 0 spiro atoms. The Balaban J connectivity index is 1.88. The predicted octanol–water partition coefficient (Wildman–Crippen LogP) is 1.88. The lowest BCUT2D eigenvalue weighted by Crippen LogP contribution is -2.42. The van der Waals surface area contributed by atoms with Crippen LogP contribution in [0, 0.1) is 17.3 Å². The molecule has 4 heteroatoms. The quantitative estimate of drug-likeness (QED) is 0.341. The minimum atomic E-state index is 0.313. The molecule has 2 rings (SSSR count). The number of hydrogen-bond donors (Lipinski definition) is 2. The maximum absolute atomic E-state index is 8.67. The highest BCUT2D eigenvalue weighted by atomic mass is 16.4. The molecule has 0 bridgehead atoms. The summed E-state index contributed by atoms with van der Waals surface area (Å²) in [7, 11) is 0. The zero-order chi connectivity index (χ0) is 12.5. The van der Waals surface area contributed by atoms with Gasteiger partial charge in [-0.1, -0.05) is 19.0 Å². The summed E-state index contributed by atoms with van der Waals surface area (Å²) in [6.07, 6.45) is 4.55. The molecular formula is C13H25N3O. The van der Waals surface area contributed by atoms with Crippen LogP contribution in [0.25, 0.3) is 0 Å². The van der Waals surface area contributed by atoms with Crippen LogP contribution >= 0.6 is 0 Å². The second kappa shape index (κ2) is 4.84. The van der Waals surface area contributed by atoms with E-state index < -0.39 is 0 Å². The summed E-state index contributed by atoms with van der Waals surface area (Å²) in [6, 6.07) is 0. The van der Waals surface area contributed by atoms with E-state index in [0.717, 1.165) is 24.8 Å². The van der Waals surface area contributed by atoms with Crippen molar-refractivity contribution >= 4 is 5.84 Å². The third-order valence-electron chi connectivity index (χ3n) is 4.15. The van der Waals surface area contributed by atoms with Crippen molar-refractivity contribution in [2.75, 3.05) is 19.6 Å². The van der Waals surface area contributed by atoms with E-state index in [-0.39, 0.29) is 0 Å². The topological polar surface area (TPSA) is 61.8 Å². The van der Waals surface area contributed by atoms with Gasteiger partial charge in [-0.05, 0) is 36.5 Å². The molecule has 98 valence electrons. The second-order valence-corrected chi connectivity index (χ2v) is 6.41. The summed E-state index contributed by atoms with van der Waals surface area (Å²) < 4.78 is 0. The number of piperidine rings is 1. The number of hydrogen-bond acceptors (Lipinski definition) is 3. The molecule has 0 amide bonds. The van der Waals surface area contributed by atoms with Crippen LogP contribution in [0.1, 0.15) is 39.5 Å². The van der Waals surface area contributed by atoms with Crippen molar-refractivity contribution in [2.45, 2.75) is 39.5 Å². The van der Waals surface area contributed by atoms with E-state index in [4.69, 9.17) is 10.9 Å². The van der Waals surface area contributed by atoms with E-state index in [1.165, 1.54) is 32.4 Å². The molecule has 0 aromatic carbocycles. The molecule has 1 aliphatic heterocycles. The molecule has 2 aliphatic rings. The zero-order valence-electron chi connectivity index (χ0n) is 11.0. The Morgan fingerprint density at radius 1 is 1.35 bits per heavy atom. The summed E-state index contributed by atoms with van der Waals surface area (Å²) in [5.41, 5.74) is 5.95. The molecule has 4 nitrogen and oxygen atoms in total. The molecule has 2 unspecified atom stereocenters. The van der Waals surface area contributed by atoms with Crippen LogP contribution < -0.4 is 5.73 Å². The van der Waals surface area contributed by atoms with Gasteiger partial charge in [0.2, 0.25) is 0 Å². The number of oxime groups is 1. The van der Waals surface area contributed by atoms with Crippen molar-refractivity contribution < 1.29 is 5.21 Å². The Morgan fingerprint density at radius 2 is 1.94 bits per heavy atom. The molecule has 1 saturated heterocycles. The lowest BCUT2D eigenvalue weighted by atomic mass is 9.90. The molecule has 0 radical (unpaired) electrons. The van der Waals surface area contributed by atoms with Gasteiger partial charge in [-0.3, -0.25) is 0 Å². The van der Waals surface area contributed by atoms with Crippen molar-refractivity contribution in [3.8, 4) is 0 Å². The highest BCUT2D eigenvalue weighted by Crippen LogP contribution is 2.49. The molecule has 2 atom stereocenters. The Hall–Kier alpha value is -0.770. The molecule has 1 heterocycles. The van der Waals surface area contributed by atoms with E-state index in [1.54, 1.807) is 0 Å². The van der Waals surface area contributed by atoms with E-state index in [1.807, 2.05) is 0 Å². The summed E-state index contributed by atoms with van der Waals surface area (Å²) in [6.45, 7) is 8.22. The van der Waals surface area contributed by atoms with Gasteiger partial charge < -0.3 is 15.8 Å². The molecule has 17 heavy (non-hydrogen) atoms. The average molecular weight is 239 g/mol. The Labute approximate surface area is 104 Å². The first-order chi connectivity index (χ1) is 8.03. The molecular weight excluding hydrogens is 214 g/mol. The maximum Gasteiger partial charge on any atom is 0.139 e. The van der Waals surface area contributed by atoms with Crippen molar-refractivity contribution in [2.24, 2.45) is 28.1 Å². The predicted molar refractivity (Wildman–Crippen MR) is 69.1 cm³/mol. The minimum absolute atomic E-state index is 0.313. The van der Waals surface area contributed by atoms with Gasteiger partial charge in [0.15, 0.2) is 0 Å². The molecule has 2 fully saturated rings. The van der Waals surface area contributed by atoms with Gasteiger partial charge in [0.05, 0.1) is 0 Å². The average Bonchev–Trinajstić information content (AvgIpc) is 2.95. The van der Waals surface area contributed by atoms with Crippen LogP contribution in [0.4, 0.5) is 0 Å². The first-order valence-electron chi connectivity index (χ1n) is 6.72. The highest BCUT2D eigenvalue weighted by Gasteiger charge is 2.45. The fourth-order valence-electron chi connectivity index (χ4n) is 3.38. The number of likely N-dealkylation sites (tertiary alicyclic amines) is 1. The van der Waals surface area contributed by atoms with Crippen LogP contribution in [0.3, 0.4) is 0 Å². The summed E-state index contributed by atoms with van der Waals surface area (Å²) in [4.78, 5) is 2.58. The lowest BCUT2D eigenvalue weighted by molar-refractivity contribution is 0.117. The van der Waals surface area contributed by atoms with E-state index in [9.17, 15) is 0 Å². The fraction of sp³-hybridized carbons (Fsp3) is 0.923. The van der Waals surface area contributed by atoms with E-state index in [0.29, 0.717) is 11.3 Å². The van der Waals surface area contributed by atoms with Crippen LogP contribution in [-0.4, -0.2) is 35.6 Å². The molecule has 3 N–H and O–H groups in total. The summed E-state index contributed by atoms with van der Waals surface area (Å²) >= 11 is 0. The third-order valence-corrected chi connectivity index (χ3v) is 4.15. The van der Waals surface area contributed by atoms with Gasteiger partial charge >= 0.3 is 0 Å². The number of nitrogens with two attached hydrogens (primary N) is 1. The Kier molecular flexibility index (Phi) is 3.61. The van der Waals surface area contributed by atoms with Crippen molar-refractivity contribution in [3.63, 3.8) is 0 Å². The van der Waals surface area contributed by atoms with Gasteiger partial charge in [-0.2, -0.15) is 0 Å². The van der Waals surface area contributed by atoms with Crippen LogP contribution in [0.15, 0.2) is 5.16 Å². The zero-order valence-corrected chi connectivity index (χ0v) is 11.0. The van der Waals surface area contributed by atoms with Gasteiger partial charge in [-0.25, -0.2) is 0 Å². The first kappa shape index (κ1) is 12.7. The van der Waals surface area contributed by atoms with Crippen molar-refractivity contribution in [3.05, 3.63) is 0 Å². The largest absolute Gasteiger partial charge is 0.409 e. The van der Waals surface area contributed by atoms with E-state index in [2.05, 4.69) is 23.9 Å². The van der Waals surface area contributed by atoms with Crippen molar-refractivity contribution in [1.82, 2.24) is 4.90 Å². The van der Waals surface area contributed by atoms with Gasteiger partial charge in [0, 0.05) is 26.1 Å². The normalized spacial score (nSPS) is 33.6. The van der Waals surface area contributed by atoms with Crippen LogP contribution in [-0.2, 0) is 0 Å². The van der Waals surface area contributed by atoms with Gasteiger partial charge in [0.1, 0.15) is 5.84 Å². The maximum atomic E-state index is 8.67. The first-order valence-corrected chi connectivity index (χ1v) is 6.72. The Morgan fingerprint density at radius 3 is 2.41 bits per heavy atom. The molecule has 0 aromatic heterocycles. The monoisotopic (exact) mass is 239 g/mol. The van der Waals surface area contributed by atoms with Crippen LogP contribution in [0.5, 0.6) is 0 Å². The third kappa shape index (κ3) is 3.35. The molecule has 1 aliphatic carbocycles. The van der Waals surface area contributed by atoms with Gasteiger partial charge in [-0.15, -0.1) is 0 Å². The summed E-state index contributed by atoms with van der Waals surface area (Å²) in [5, 5.41) is 11.8. The fourth-order valence-corrected chi connectivity index (χ4v) is 3.38. The highest BCUT2D eigenvalue weighted by molar-refractivity contribution is 5.80. The smallest absolute Gasteiger partial charge is 0.139 e. The number of nitrogens with zero attached hydrogens (tertiary/aromatic N) is 2. The number of rotatable bonds is 4. The van der Waals surface area contributed by atoms with Crippen molar-refractivity contribution in [1.29, 1.82) is 0 Å². The van der Waals surface area contributed by atoms with E-state index >= 15 is 0 Å². The summed E-state index contributed by atoms with van der Waals surface area (Å²) in [5.74, 6) is 2.00. The Bertz CT molecular complexity index is 289. The molecule has 0 aromatic rings.